The number of carboxylic acids is 1. The van der Waals surface area contributed by atoms with Crippen LogP contribution in [0.25, 0.3) is 0 Å². The summed E-state index contributed by atoms with van der Waals surface area (Å²) in [5.74, 6) is -1.65. The molecule has 0 spiro atoms. The highest BCUT2D eigenvalue weighted by Crippen LogP contribution is 2.13. The molecule has 0 aromatic rings. The highest BCUT2D eigenvalue weighted by atomic mass is 32.2. The number of hydrogen-bond donors (Lipinski definition) is 3. The molecule has 212 valence electrons. The largest absolute Gasteiger partial charge is 0.481 e. The van der Waals surface area contributed by atoms with Gasteiger partial charge in [0.25, 0.3) is 0 Å². The van der Waals surface area contributed by atoms with Crippen molar-refractivity contribution in [1.82, 2.24) is 10.0 Å². The lowest BCUT2D eigenvalue weighted by atomic mass is 10.0. The van der Waals surface area contributed by atoms with Gasteiger partial charge >= 0.3 is 5.97 Å². The molecule has 0 unspecified atom stereocenters. The smallest absolute Gasteiger partial charge is 0.303 e. The van der Waals surface area contributed by atoms with Crippen LogP contribution in [0.2, 0.25) is 0 Å². The molecule has 0 radical (unpaired) electrons. The first kappa shape index (κ1) is 34.3. The molecule has 0 aromatic heterocycles. The van der Waals surface area contributed by atoms with Gasteiger partial charge in [0.15, 0.2) is 0 Å². The van der Waals surface area contributed by atoms with E-state index in [1.165, 1.54) is 44.9 Å². The SMILES string of the molecule is CCOCCNC(=O)CCCS(=O)(=O)NC(=O)CCCCCCCCCCCCCCCCC(=O)O. The zero-order valence-corrected chi connectivity index (χ0v) is 23.2. The van der Waals surface area contributed by atoms with Crippen LogP contribution < -0.4 is 10.0 Å². The van der Waals surface area contributed by atoms with Crippen LogP contribution in [0.5, 0.6) is 0 Å². The molecule has 36 heavy (non-hydrogen) atoms. The minimum atomic E-state index is -3.70. The van der Waals surface area contributed by atoms with Crippen LogP contribution in [-0.2, 0) is 29.1 Å². The Morgan fingerprint density at radius 2 is 1.11 bits per heavy atom. The predicted molar refractivity (Wildman–Crippen MR) is 142 cm³/mol. The van der Waals surface area contributed by atoms with Crippen molar-refractivity contribution in [3.63, 3.8) is 0 Å². The maximum Gasteiger partial charge on any atom is 0.303 e. The monoisotopic (exact) mass is 534 g/mol. The first-order valence-corrected chi connectivity index (χ1v) is 15.5. The lowest BCUT2D eigenvalue weighted by Gasteiger charge is -2.08. The number of sulfonamides is 1. The molecule has 0 aliphatic rings. The van der Waals surface area contributed by atoms with Crippen molar-refractivity contribution in [2.45, 2.75) is 122 Å². The molecular formula is C26H50N2O7S. The van der Waals surface area contributed by atoms with E-state index in [9.17, 15) is 22.8 Å². The summed E-state index contributed by atoms with van der Waals surface area (Å²) in [5.41, 5.74) is 0. The molecule has 2 amide bonds. The maximum absolute atomic E-state index is 12.0. The highest BCUT2D eigenvalue weighted by molar-refractivity contribution is 7.90. The van der Waals surface area contributed by atoms with Crippen molar-refractivity contribution >= 4 is 27.8 Å². The summed E-state index contributed by atoms with van der Waals surface area (Å²) in [7, 11) is -3.70. The number of rotatable bonds is 26. The Morgan fingerprint density at radius 3 is 1.58 bits per heavy atom. The van der Waals surface area contributed by atoms with Crippen LogP contribution in [0.4, 0.5) is 0 Å². The van der Waals surface area contributed by atoms with E-state index < -0.39 is 21.9 Å². The van der Waals surface area contributed by atoms with Gasteiger partial charge in [-0.2, -0.15) is 0 Å². The molecule has 0 rings (SSSR count). The Hall–Kier alpha value is -1.68. The van der Waals surface area contributed by atoms with Gasteiger partial charge in [0.2, 0.25) is 21.8 Å². The van der Waals surface area contributed by atoms with E-state index >= 15 is 0 Å². The Bertz CT molecular complexity index is 684. The number of carbonyl (C=O) groups is 3. The van der Waals surface area contributed by atoms with E-state index in [1.54, 1.807) is 0 Å². The lowest BCUT2D eigenvalue weighted by molar-refractivity contribution is -0.137. The summed E-state index contributed by atoms with van der Waals surface area (Å²) in [5, 5.41) is 11.3. The molecule has 3 N–H and O–H groups in total. The number of unbranched alkanes of at least 4 members (excludes halogenated alkanes) is 13. The van der Waals surface area contributed by atoms with Crippen molar-refractivity contribution in [2.75, 3.05) is 25.5 Å². The molecule has 9 nitrogen and oxygen atoms in total. The van der Waals surface area contributed by atoms with Gasteiger partial charge in [-0.05, 0) is 26.2 Å². The van der Waals surface area contributed by atoms with Crippen molar-refractivity contribution in [3.05, 3.63) is 0 Å². The second kappa shape index (κ2) is 23.7. The van der Waals surface area contributed by atoms with E-state index in [4.69, 9.17) is 9.84 Å². The van der Waals surface area contributed by atoms with E-state index in [2.05, 4.69) is 10.0 Å². The topological polar surface area (TPSA) is 139 Å². The van der Waals surface area contributed by atoms with Gasteiger partial charge in [-0.3, -0.25) is 19.1 Å². The van der Waals surface area contributed by atoms with Crippen molar-refractivity contribution < 1.29 is 32.6 Å². The lowest BCUT2D eigenvalue weighted by Crippen LogP contribution is -2.33. The van der Waals surface area contributed by atoms with Crippen molar-refractivity contribution in [3.8, 4) is 0 Å². The summed E-state index contributed by atoms with van der Waals surface area (Å²) in [6.07, 6.45) is 16.0. The van der Waals surface area contributed by atoms with Crippen LogP contribution in [0.3, 0.4) is 0 Å². The second-order valence-electron chi connectivity index (χ2n) is 9.34. The first-order chi connectivity index (χ1) is 17.3. The van der Waals surface area contributed by atoms with Gasteiger partial charge in [0.05, 0.1) is 12.4 Å². The molecule has 0 fully saturated rings. The Balaban J connectivity index is 3.51. The minimum absolute atomic E-state index is 0.0947. The first-order valence-electron chi connectivity index (χ1n) is 13.9. The fourth-order valence-corrected chi connectivity index (χ4v) is 4.95. The van der Waals surface area contributed by atoms with Gasteiger partial charge in [-0.15, -0.1) is 0 Å². The number of amides is 2. The fraction of sp³-hybridized carbons (Fsp3) is 0.885. The Kier molecular flexibility index (Phi) is 22.6. The zero-order valence-electron chi connectivity index (χ0n) is 22.4. The third-order valence-electron chi connectivity index (χ3n) is 5.90. The van der Waals surface area contributed by atoms with Gasteiger partial charge in [0.1, 0.15) is 0 Å². The molecule has 0 saturated carbocycles. The molecule has 0 atom stereocenters. The molecule has 0 bridgehead atoms. The molecule has 0 aromatic carbocycles. The summed E-state index contributed by atoms with van der Waals surface area (Å²) >= 11 is 0. The van der Waals surface area contributed by atoms with Gasteiger partial charge in [-0.1, -0.05) is 77.0 Å². The number of hydrogen-bond acceptors (Lipinski definition) is 6. The molecule has 0 aliphatic heterocycles. The zero-order chi connectivity index (χ0) is 26.9. The molecule has 0 aliphatic carbocycles. The van der Waals surface area contributed by atoms with Gasteiger partial charge in [0, 0.05) is 32.4 Å². The van der Waals surface area contributed by atoms with Crippen molar-refractivity contribution in [2.24, 2.45) is 0 Å². The van der Waals surface area contributed by atoms with E-state index in [0.717, 1.165) is 38.5 Å². The van der Waals surface area contributed by atoms with E-state index in [-0.39, 0.29) is 37.3 Å². The number of ether oxygens (including phenoxy) is 1. The average Bonchev–Trinajstić information content (AvgIpc) is 2.81. The minimum Gasteiger partial charge on any atom is -0.481 e. The van der Waals surface area contributed by atoms with Crippen LogP contribution in [0.1, 0.15) is 122 Å². The third kappa shape index (κ3) is 25.4. The van der Waals surface area contributed by atoms with E-state index in [1.807, 2.05) is 6.92 Å². The number of carboxylic acid groups (broad SMARTS) is 1. The van der Waals surface area contributed by atoms with Crippen molar-refractivity contribution in [1.29, 1.82) is 0 Å². The van der Waals surface area contributed by atoms with Crippen LogP contribution >= 0.6 is 0 Å². The number of aliphatic carboxylic acids is 1. The van der Waals surface area contributed by atoms with Gasteiger partial charge in [-0.25, -0.2) is 8.42 Å². The Labute approximate surface area is 218 Å². The summed E-state index contributed by atoms with van der Waals surface area (Å²) in [6, 6.07) is 0. The highest BCUT2D eigenvalue weighted by Gasteiger charge is 2.15. The fourth-order valence-electron chi connectivity index (χ4n) is 3.88. The Morgan fingerprint density at radius 1 is 0.667 bits per heavy atom. The van der Waals surface area contributed by atoms with E-state index in [0.29, 0.717) is 26.2 Å². The average molecular weight is 535 g/mol. The number of carbonyl (C=O) groups excluding carboxylic acids is 2. The summed E-state index contributed by atoms with van der Waals surface area (Å²) in [6.45, 7) is 3.27. The molecule has 10 heteroatoms. The normalized spacial score (nSPS) is 11.4. The number of nitrogens with one attached hydrogen (secondary N) is 2. The predicted octanol–water partition coefficient (Wildman–Crippen LogP) is 4.69. The second-order valence-corrected chi connectivity index (χ2v) is 11.2. The quantitative estimate of drug-likeness (QED) is 0.137. The third-order valence-corrected chi connectivity index (χ3v) is 7.27. The maximum atomic E-state index is 12.0. The molecule has 0 heterocycles. The van der Waals surface area contributed by atoms with Crippen LogP contribution in [0.15, 0.2) is 0 Å². The van der Waals surface area contributed by atoms with Crippen LogP contribution in [0, 0.1) is 0 Å². The summed E-state index contributed by atoms with van der Waals surface area (Å²) < 4.78 is 31.2. The standard InChI is InChI=1S/C26H50N2O7S/c1-2-35-22-21-27-24(29)19-17-23-36(33,34)28-25(30)18-15-13-11-9-7-5-3-4-6-8-10-12-14-16-20-26(31)32/h2-23H2,1H3,(H,27,29)(H,28,30)(H,31,32). The van der Waals surface area contributed by atoms with Crippen LogP contribution in [-0.4, -0.2) is 56.8 Å². The van der Waals surface area contributed by atoms with Gasteiger partial charge < -0.3 is 15.2 Å². The molecular weight excluding hydrogens is 484 g/mol. The molecule has 0 saturated heterocycles. The summed E-state index contributed by atoms with van der Waals surface area (Å²) in [4.78, 5) is 34.0.